The molecule has 1 heterocycles. The lowest BCUT2D eigenvalue weighted by molar-refractivity contribution is -0.127. The zero-order chi connectivity index (χ0) is 19.3. The molecule has 1 aromatic rings. The predicted octanol–water partition coefficient (Wildman–Crippen LogP) is 2.76. The molecule has 1 aromatic carbocycles. The van der Waals surface area contributed by atoms with Crippen LogP contribution < -0.4 is 4.90 Å². The zero-order valence-corrected chi connectivity index (χ0v) is 16.6. The van der Waals surface area contributed by atoms with Crippen molar-refractivity contribution >= 4 is 17.7 Å². The summed E-state index contributed by atoms with van der Waals surface area (Å²) in [5.74, 6) is 0.0977. The second-order valence-electron chi connectivity index (χ2n) is 7.94. The minimum absolute atomic E-state index is 0.0977. The van der Waals surface area contributed by atoms with Crippen molar-refractivity contribution in [2.45, 2.75) is 39.2 Å². The number of anilines is 1. The van der Waals surface area contributed by atoms with Gasteiger partial charge in [0.1, 0.15) is 5.60 Å². The largest absolute Gasteiger partial charge is 0.444 e. The highest BCUT2D eigenvalue weighted by Gasteiger charge is 2.24. The van der Waals surface area contributed by atoms with Crippen LogP contribution in [0.15, 0.2) is 24.3 Å². The summed E-state index contributed by atoms with van der Waals surface area (Å²) in [6.45, 7) is 8.69. The van der Waals surface area contributed by atoms with Crippen molar-refractivity contribution in [3.05, 3.63) is 29.8 Å². The van der Waals surface area contributed by atoms with E-state index in [1.165, 1.54) is 0 Å². The molecule has 6 heteroatoms. The molecule has 0 aliphatic carbocycles. The van der Waals surface area contributed by atoms with Crippen LogP contribution in [0.4, 0.5) is 10.5 Å². The fourth-order valence-corrected chi connectivity index (χ4v) is 2.84. The van der Waals surface area contributed by atoms with Gasteiger partial charge in [-0.1, -0.05) is 12.1 Å². The first-order valence-electron chi connectivity index (χ1n) is 9.18. The first-order valence-corrected chi connectivity index (χ1v) is 9.18. The van der Waals surface area contributed by atoms with E-state index in [1.807, 2.05) is 32.9 Å². The first-order chi connectivity index (χ1) is 12.2. The number of hydrogen-bond donors (Lipinski definition) is 0. The Morgan fingerprint density at radius 1 is 1.04 bits per heavy atom. The molecule has 6 nitrogen and oxygen atoms in total. The minimum Gasteiger partial charge on any atom is -0.444 e. The molecule has 0 saturated carbocycles. The smallest absolute Gasteiger partial charge is 0.410 e. The molecule has 1 aliphatic heterocycles. The van der Waals surface area contributed by atoms with Crippen LogP contribution in [0, 0.1) is 0 Å². The molecule has 0 bridgehead atoms. The van der Waals surface area contributed by atoms with Crippen LogP contribution in [-0.4, -0.2) is 67.7 Å². The van der Waals surface area contributed by atoms with Crippen molar-refractivity contribution in [2.24, 2.45) is 0 Å². The molecule has 0 spiro atoms. The molecule has 1 fully saturated rings. The lowest BCUT2D eigenvalue weighted by Crippen LogP contribution is -2.39. The number of amides is 2. The summed E-state index contributed by atoms with van der Waals surface area (Å²) in [6.07, 6.45) is 1.08. The lowest BCUT2D eigenvalue weighted by atomic mass is 10.1. The van der Waals surface area contributed by atoms with E-state index in [0.717, 1.165) is 30.8 Å². The summed E-state index contributed by atoms with van der Waals surface area (Å²) in [6, 6.07) is 8.13. The van der Waals surface area contributed by atoms with E-state index in [4.69, 9.17) is 4.74 Å². The fourth-order valence-electron chi connectivity index (χ4n) is 2.84. The number of benzene rings is 1. The number of carbonyl (C=O) groups is 2. The summed E-state index contributed by atoms with van der Waals surface area (Å²) < 4.78 is 5.48. The number of carbonyl (C=O) groups excluding carboxylic acids is 2. The molecule has 0 N–H and O–H groups in total. The lowest BCUT2D eigenvalue weighted by Gasteiger charge is -2.27. The Hall–Kier alpha value is -2.24. The Kier molecular flexibility index (Phi) is 6.51. The average Bonchev–Trinajstić information content (AvgIpc) is 2.80. The van der Waals surface area contributed by atoms with Crippen molar-refractivity contribution in [1.82, 2.24) is 9.80 Å². The summed E-state index contributed by atoms with van der Waals surface area (Å²) >= 11 is 0. The number of nitrogens with zero attached hydrogens (tertiary/aromatic N) is 3. The summed E-state index contributed by atoms with van der Waals surface area (Å²) in [4.78, 5) is 29.7. The number of ether oxygens (including phenoxy) is 1. The van der Waals surface area contributed by atoms with E-state index >= 15 is 0 Å². The second kappa shape index (κ2) is 8.43. The molecule has 0 unspecified atom stereocenters. The fraction of sp³-hybridized carbons (Fsp3) is 0.600. The molecule has 0 aromatic heterocycles. The van der Waals surface area contributed by atoms with Gasteiger partial charge in [0.15, 0.2) is 0 Å². The second-order valence-corrected chi connectivity index (χ2v) is 7.94. The van der Waals surface area contributed by atoms with Crippen LogP contribution in [0.3, 0.4) is 0 Å². The molecule has 0 atom stereocenters. The SMILES string of the molecule is CN(C)C(=O)Cc1ccc(N2CCCN(C(=O)OC(C)(C)C)CC2)cc1. The predicted molar refractivity (Wildman–Crippen MR) is 103 cm³/mol. The van der Waals surface area contributed by atoms with E-state index in [2.05, 4.69) is 17.0 Å². The van der Waals surface area contributed by atoms with Crippen LogP contribution in [0.1, 0.15) is 32.8 Å². The first kappa shape index (κ1) is 20.1. The number of likely N-dealkylation sites (N-methyl/N-ethyl adjacent to an activating group) is 1. The zero-order valence-electron chi connectivity index (χ0n) is 16.6. The molecule has 26 heavy (non-hydrogen) atoms. The summed E-state index contributed by atoms with van der Waals surface area (Å²) in [5.41, 5.74) is 1.66. The summed E-state index contributed by atoms with van der Waals surface area (Å²) in [7, 11) is 3.54. The molecule has 1 aliphatic rings. The standard InChI is InChI=1S/C20H31N3O3/c1-20(2,3)26-19(25)23-12-6-11-22(13-14-23)17-9-7-16(8-10-17)15-18(24)21(4)5/h7-10H,6,11-15H2,1-5H3. The van der Waals surface area contributed by atoms with E-state index in [-0.39, 0.29) is 12.0 Å². The van der Waals surface area contributed by atoms with Gasteiger partial charge in [-0.2, -0.15) is 0 Å². The average molecular weight is 361 g/mol. The van der Waals surface area contributed by atoms with Crippen LogP contribution in [0.5, 0.6) is 0 Å². The van der Waals surface area contributed by atoms with Crippen molar-refractivity contribution in [3.8, 4) is 0 Å². The Balaban J connectivity index is 1.94. The number of rotatable bonds is 3. The highest BCUT2D eigenvalue weighted by Crippen LogP contribution is 2.19. The van der Waals surface area contributed by atoms with E-state index < -0.39 is 5.60 Å². The molecule has 1 saturated heterocycles. The van der Waals surface area contributed by atoms with Gasteiger partial charge in [-0.15, -0.1) is 0 Å². The Morgan fingerprint density at radius 2 is 1.69 bits per heavy atom. The van der Waals surface area contributed by atoms with E-state index in [0.29, 0.717) is 19.5 Å². The highest BCUT2D eigenvalue weighted by molar-refractivity contribution is 5.78. The van der Waals surface area contributed by atoms with Gasteiger partial charge >= 0.3 is 6.09 Å². The van der Waals surface area contributed by atoms with Gasteiger partial charge in [-0.25, -0.2) is 4.79 Å². The maximum absolute atomic E-state index is 12.3. The normalized spacial score (nSPS) is 15.4. The van der Waals surface area contributed by atoms with Gasteiger partial charge < -0.3 is 19.4 Å². The van der Waals surface area contributed by atoms with Crippen molar-refractivity contribution in [2.75, 3.05) is 45.2 Å². The van der Waals surface area contributed by atoms with Gasteiger partial charge in [0.2, 0.25) is 5.91 Å². The van der Waals surface area contributed by atoms with E-state index in [9.17, 15) is 9.59 Å². The van der Waals surface area contributed by atoms with Crippen LogP contribution >= 0.6 is 0 Å². The topological polar surface area (TPSA) is 53.1 Å². The monoisotopic (exact) mass is 361 g/mol. The Labute approximate surface area is 156 Å². The van der Waals surface area contributed by atoms with E-state index in [1.54, 1.807) is 23.9 Å². The third-order valence-corrected chi connectivity index (χ3v) is 4.30. The molecule has 2 amide bonds. The Morgan fingerprint density at radius 3 is 2.27 bits per heavy atom. The van der Waals surface area contributed by atoms with Gasteiger partial charge in [0.25, 0.3) is 0 Å². The van der Waals surface area contributed by atoms with Crippen LogP contribution in [-0.2, 0) is 16.0 Å². The molecule has 144 valence electrons. The quantitative estimate of drug-likeness (QED) is 0.831. The molecular weight excluding hydrogens is 330 g/mol. The maximum Gasteiger partial charge on any atom is 0.410 e. The van der Waals surface area contributed by atoms with Crippen molar-refractivity contribution < 1.29 is 14.3 Å². The Bertz CT molecular complexity index is 620. The molecule has 0 radical (unpaired) electrons. The van der Waals surface area contributed by atoms with Crippen LogP contribution in [0.25, 0.3) is 0 Å². The van der Waals surface area contributed by atoms with Gasteiger partial charge in [-0.05, 0) is 44.9 Å². The molecular formula is C20H31N3O3. The number of hydrogen-bond acceptors (Lipinski definition) is 4. The van der Waals surface area contributed by atoms with Crippen LogP contribution in [0.2, 0.25) is 0 Å². The van der Waals surface area contributed by atoms with Crippen molar-refractivity contribution in [1.29, 1.82) is 0 Å². The maximum atomic E-state index is 12.3. The third kappa shape index (κ3) is 5.93. The van der Waals surface area contributed by atoms with Gasteiger partial charge in [-0.3, -0.25) is 4.79 Å². The van der Waals surface area contributed by atoms with Gasteiger partial charge in [0.05, 0.1) is 6.42 Å². The summed E-state index contributed by atoms with van der Waals surface area (Å²) in [5, 5.41) is 0. The molecule has 2 rings (SSSR count). The minimum atomic E-state index is -0.469. The third-order valence-electron chi connectivity index (χ3n) is 4.30. The highest BCUT2D eigenvalue weighted by atomic mass is 16.6. The van der Waals surface area contributed by atoms with Gasteiger partial charge in [0, 0.05) is 46.0 Å². The van der Waals surface area contributed by atoms with Crippen molar-refractivity contribution in [3.63, 3.8) is 0 Å².